The Morgan fingerprint density at radius 2 is 2.11 bits per heavy atom. The monoisotopic (exact) mass is 441 g/mol. The summed E-state index contributed by atoms with van der Waals surface area (Å²) in [7, 11) is 0. The van der Waals surface area contributed by atoms with Gasteiger partial charge in [0.1, 0.15) is 0 Å². The van der Waals surface area contributed by atoms with Gasteiger partial charge in [0, 0.05) is 17.3 Å². The molecule has 1 unspecified atom stereocenters. The second kappa shape index (κ2) is 7.57. The van der Waals surface area contributed by atoms with Gasteiger partial charge in [0.15, 0.2) is 0 Å². The van der Waals surface area contributed by atoms with Crippen molar-refractivity contribution in [3.8, 4) is 0 Å². The summed E-state index contributed by atoms with van der Waals surface area (Å²) in [5.74, 6) is 0. The van der Waals surface area contributed by atoms with E-state index in [1.54, 1.807) is 22.7 Å². The molecule has 1 nitrogen and oxygen atoms in total. The Morgan fingerprint density at radius 1 is 1.32 bits per heavy atom. The van der Waals surface area contributed by atoms with Crippen LogP contribution < -0.4 is 5.32 Å². The van der Waals surface area contributed by atoms with Gasteiger partial charge in [-0.25, -0.2) is 0 Å². The largest absolute Gasteiger partial charge is 0.310 e. The second-order valence-corrected chi connectivity index (χ2v) is 9.75. The minimum absolute atomic E-state index is 0.326. The molecular formula is C13H14Br2ClNS2. The highest BCUT2D eigenvalue weighted by Crippen LogP contribution is 2.37. The van der Waals surface area contributed by atoms with Gasteiger partial charge in [0.25, 0.3) is 0 Å². The van der Waals surface area contributed by atoms with E-state index in [4.69, 9.17) is 11.6 Å². The Kier molecular flexibility index (Phi) is 6.37. The first-order valence-corrected chi connectivity index (χ1v) is 9.62. The van der Waals surface area contributed by atoms with Crippen molar-refractivity contribution >= 4 is 66.1 Å². The van der Waals surface area contributed by atoms with Crippen LogP contribution in [-0.4, -0.2) is 6.54 Å². The van der Waals surface area contributed by atoms with Gasteiger partial charge in [-0.2, -0.15) is 0 Å². The van der Waals surface area contributed by atoms with Crippen LogP contribution in [-0.2, 0) is 6.42 Å². The lowest BCUT2D eigenvalue weighted by Gasteiger charge is -2.17. The van der Waals surface area contributed by atoms with E-state index in [2.05, 4.69) is 56.2 Å². The molecule has 0 spiro atoms. The number of nitrogens with one attached hydrogen (secondary N) is 1. The highest BCUT2D eigenvalue weighted by Gasteiger charge is 2.18. The van der Waals surface area contributed by atoms with E-state index < -0.39 is 0 Å². The maximum atomic E-state index is 6.01. The zero-order valence-electron chi connectivity index (χ0n) is 10.4. The summed E-state index contributed by atoms with van der Waals surface area (Å²) in [6, 6.07) is 6.60. The van der Waals surface area contributed by atoms with Crippen LogP contribution in [0.1, 0.15) is 29.8 Å². The summed E-state index contributed by atoms with van der Waals surface area (Å²) in [5, 5.41) is 3.62. The molecule has 1 N–H and O–H groups in total. The first kappa shape index (κ1) is 16.0. The van der Waals surface area contributed by atoms with Crippen molar-refractivity contribution < 1.29 is 0 Å². The topological polar surface area (TPSA) is 12.0 Å². The van der Waals surface area contributed by atoms with Gasteiger partial charge in [-0.15, -0.1) is 22.7 Å². The minimum atomic E-state index is 0.326. The van der Waals surface area contributed by atoms with Gasteiger partial charge in [0.2, 0.25) is 0 Å². The van der Waals surface area contributed by atoms with Crippen LogP contribution in [0.25, 0.3) is 0 Å². The Labute approximate surface area is 143 Å². The highest BCUT2D eigenvalue weighted by molar-refractivity contribution is 9.12. The predicted octanol–water partition coefficient (Wildman–Crippen LogP) is 6.27. The maximum absolute atomic E-state index is 6.01. The minimum Gasteiger partial charge on any atom is -0.310 e. The molecule has 104 valence electrons. The van der Waals surface area contributed by atoms with Crippen molar-refractivity contribution in [2.45, 2.75) is 25.8 Å². The molecular weight excluding hydrogens is 430 g/mol. The SMILES string of the molecule is CCCNC(Cc1ccc(Cl)s1)c1cc(Br)sc1Br. The quantitative estimate of drug-likeness (QED) is 0.555. The number of thiophene rings is 2. The van der Waals surface area contributed by atoms with Crippen LogP contribution in [0.15, 0.2) is 25.8 Å². The van der Waals surface area contributed by atoms with Crippen molar-refractivity contribution in [2.75, 3.05) is 6.54 Å². The molecule has 0 fully saturated rings. The molecule has 2 aromatic rings. The van der Waals surface area contributed by atoms with Gasteiger partial charge >= 0.3 is 0 Å². The second-order valence-electron chi connectivity index (χ2n) is 4.20. The third-order valence-electron chi connectivity index (χ3n) is 2.73. The Morgan fingerprint density at radius 3 is 2.63 bits per heavy atom. The Hall–Kier alpha value is 0.610. The molecule has 2 heterocycles. The van der Waals surface area contributed by atoms with Crippen LogP contribution in [0, 0.1) is 0 Å². The van der Waals surface area contributed by atoms with Gasteiger partial charge in [0.05, 0.1) is 11.9 Å². The van der Waals surface area contributed by atoms with E-state index in [0.717, 1.165) is 27.5 Å². The average Bonchev–Trinajstić information content (AvgIpc) is 2.91. The number of halogens is 3. The maximum Gasteiger partial charge on any atom is 0.0931 e. The fourth-order valence-electron chi connectivity index (χ4n) is 1.86. The predicted molar refractivity (Wildman–Crippen MR) is 93.8 cm³/mol. The Bertz CT molecular complexity index is 538. The lowest BCUT2D eigenvalue weighted by Crippen LogP contribution is -2.23. The number of hydrogen-bond acceptors (Lipinski definition) is 3. The fraction of sp³-hybridized carbons (Fsp3) is 0.385. The molecule has 0 aliphatic carbocycles. The van der Waals surface area contributed by atoms with E-state index in [0.29, 0.717) is 6.04 Å². The molecule has 2 rings (SSSR count). The third-order valence-corrected chi connectivity index (χ3v) is 6.37. The Balaban J connectivity index is 2.18. The van der Waals surface area contributed by atoms with E-state index in [1.165, 1.54) is 14.2 Å². The molecule has 0 bridgehead atoms. The number of hydrogen-bond donors (Lipinski definition) is 1. The summed E-state index contributed by atoms with van der Waals surface area (Å²) in [4.78, 5) is 1.31. The molecule has 1 atom stereocenters. The molecule has 0 aromatic carbocycles. The molecule has 2 aromatic heterocycles. The average molecular weight is 444 g/mol. The normalized spacial score (nSPS) is 12.8. The molecule has 0 aliphatic rings. The van der Waals surface area contributed by atoms with Crippen molar-refractivity contribution in [3.63, 3.8) is 0 Å². The van der Waals surface area contributed by atoms with Crippen molar-refractivity contribution in [1.29, 1.82) is 0 Å². The third kappa shape index (κ3) is 4.55. The van der Waals surface area contributed by atoms with Crippen LogP contribution in [0.5, 0.6) is 0 Å². The summed E-state index contributed by atoms with van der Waals surface area (Å²) in [6.07, 6.45) is 2.10. The van der Waals surface area contributed by atoms with Crippen molar-refractivity contribution in [2.24, 2.45) is 0 Å². The molecule has 0 saturated carbocycles. The lowest BCUT2D eigenvalue weighted by atomic mass is 10.1. The van der Waals surface area contributed by atoms with Crippen LogP contribution >= 0.6 is 66.1 Å². The van der Waals surface area contributed by atoms with E-state index >= 15 is 0 Å². The van der Waals surface area contributed by atoms with Gasteiger partial charge in [-0.05, 0) is 68.6 Å². The van der Waals surface area contributed by atoms with E-state index in [9.17, 15) is 0 Å². The molecule has 0 amide bonds. The highest BCUT2D eigenvalue weighted by atomic mass is 79.9. The first-order chi connectivity index (χ1) is 9.10. The standard InChI is InChI=1S/C13H14Br2ClNS2/c1-2-5-17-10(6-8-3-4-12(16)18-8)9-7-11(14)19-13(9)15/h3-4,7,10,17H,2,5-6H2,1H3. The van der Waals surface area contributed by atoms with Crippen LogP contribution in [0.4, 0.5) is 0 Å². The van der Waals surface area contributed by atoms with Crippen LogP contribution in [0.3, 0.4) is 0 Å². The van der Waals surface area contributed by atoms with Crippen molar-refractivity contribution in [3.05, 3.63) is 40.5 Å². The van der Waals surface area contributed by atoms with Gasteiger partial charge in [-0.3, -0.25) is 0 Å². The molecule has 0 saturated heterocycles. The van der Waals surface area contributed by atoms with E-state index in [-0.39, 0.29) is 0 Å². The summed E-state index contributed by atoms with van der Waals surface area (Å²) in [5.41, 5.74) is 1.31. The summed E-state index contributed by atoms with van der Waals surface area (Å²) in [6.45, 7) is 3.20. The zero-order valence-corrected chi connectivity index (χ0v) is 15.9. The summed E-state index contributed by atoms with van der Waals surface area (Å²) < 4.78 is 3.20. The fourth-order valence-corrected chi connectivity index (χ4v) is 5.97. The van der Waals surface area contributed by atoms with Gasteiger partial charge in [-0.1, -0.05) is 18.5 Å². The molecule has 6 heteroatoms. The first-order valence-electron chi connectivity index (χ1n) is 6.02. The van der Waals surface area contributed by atoms with Crippen LogP contribution in [0.2, 0.25) is 4.34 Å². The summed E-state index contributed by atoms with van der Waals surface area (Å²) >= 11 is 16.6. The lowest BCUT2D eigenvalue weighted by molar-refractivity contribution is 0.532. The zero-order chi connectivity index (χ0) is 13.8. The molecule has 0 aliphatic heterocycles. The smallest absolute Gasteiger partial charge is 0.0931 e. The van der Waals surface area contributed by atoms with Crippen molar-refractivity contribution in [1.82, 2.24) is 5.32 Å². The molecule has 19 heavy (non-hydrogen) atoms. The van der Waals surface area contributed by atoms with E-state index in [1.807, 2.05) is 6.07 Å². The molecule has 0 radical (unpaired) electrons. The number of rotatable bonds is 6. The van der Waals surface area contributed by atoms with Gasteiger partial charge < -0.3 is 5.32 Å².